The van der Waals surface area contributed by atoms with Gasteiger partial charge in [-0.25, -0.2) is 4.68 Å². The molecule has 1 atom stereocenters. The summed E-state index contributed by atoms with van der Waals surface area (Å²) in [5.41, 5.74) is 1.15. The van der Waals surface area contributed by atoms with E-state index in [1.807, 2.05) is 18.2 Å². The van der Waals surface area contributed by atoms with Gasteiger partial charge in [-0.2, -0.15) is 13.9 Å². The average Bonchev–Trinajstić information content (AvgIpc) is 3.14. The van der Waals surface area contributed by atoms with Gasteiger partial charge in [0.25, 0.3) is 5.91 Å². The lowest BCUT2D eigenvalue weighted by Crippen LogP contribution is -2.40. The summed E-state index contributed by atoms with van der Waals surface area (Å²) in [7, 11) is 0. The fourth-order valence-electron chi connectivity index (χ4n) is 3.21. The summed E-state index contributed by atoms with van der Waals surface area (Å²) in [6.07, 6.45) is 4.64. The van der Waals surface area contributed by atoms with Crippen molar-refractivity contribution in [1.82, 2.24) is 20.0 Å². The second-order valence-electron chi connectivity index (χ2n) is 6.19. The predicted octanol–water partition coefficient (Wildman–Crippen LogP) is 3.24. The van der Waals surface area contributed by atoms with Crippen molar-refractivity contribution in [3.05, 3.63) is 53.9 Å². The molecule has 1 aromatic heterocycles. The van der Waals surface area contributed by atoms with E-state index in [9.17, 15) is 13.6 Å². The molecule has 3 rings (SSSR count). The Balaban J connectivity index is 1.68. The molecule has 1 aromatic carbocycles. The Labute approximate surface area is 145 Å². The number of halogens is 2. The van der Waals surface area contributed by atoms with Crippen molar-refractivity contribution in [1.29, 1.82) is 0 Å². The number of hydrogen-bond acceptors (Lipinski definition) is 3. The Morgan fingerprint density at radius 2 is 1.84 bits per heavy atom. The van der Waals surface area contributed by atoms with Gasteiger partial charge in [0.1, 0.15) is 5.69 Å². The van der Waals surface area contributed by atoms with E-state index in [1.54, 1.807) is 0 Å². The Morgan fingerprint density at radius 3 is 2.48 bits per heavy atom. The third kappa shape index (κ3) is 4.42. The summed E-state index contributed by atoms with van der Waals surface area (Å²) in [6.45, 7) is -0.332. The average molecular weight is 348 g/mol. The van der Waals surface area contributed by atoms with Gasteiger partial charge in [0, 0.05) is 12.7 Å². The molecule has 0 bridgehead atoms. The van der Waals surface area contributed by atoms with Crippen LogP contribution in [0.4, 0.5) is 8.78 Å². The monoisotopic (exact) mass is 348 g/mol. The van der Waals surface area contributed by atoms with Gasteiger partial charge in [-0.3, -0.25) is 9.69 Å². The number of likely N-dealkylation sites (tertiary alicyclic amines) is 1. The van der Waals surface area contributed by atoms with E-state index in [0.717, 1.165) is 37.7 Å². The van der Waals surface area contributed by atoms with Gasteiger partial charge in [0.15, 0.2) is 0 Å². The first-order chi connectivity index (χ1) is 12.1. The Bertz CT molecular complexity index is 683. The molecular weight excluding hydrogens is 326 g/mol. The van der Waals surface area contributed by atoms with Crippen LogP contribution in [0.1, 0.15) is 47.9 Å². The van der Waals surface area contributed by atoms with Crippen molar-refractivity contribution in [3.63, 3.8) is 0 Å². The number of rotatable bonds is 6. The van der Waals surface area contributed by atoms with E-state index >= 15 is 0 Å². The molecule has 1 fully saturated rings. The second-order valence-corrected chi connectivity index (χ2v) is 6.19. The summed E-state index contributed by atoms with van der Waals surface area (Å²) in [5.74, 6) is -0.433. The van der Waals surface area contributed by atoms with Gasteiger partial charge in [-0.1, -0.05) is 36.8 Å². The number of aromatic nitrogens is 2. The molecule has 134 valence electrons. The summed E-state index contributed by atoms with van der Waals surface area (Å²) >= 11 is 0. The number of piperidine rings is 1. The van der Waals surface area contributed by atoms with E-state index < -0.39 is 12.5 Å². The Hall–Kier alpha value is -2.28. The number of alkyl halides is 2. The van der Waals surface area contributed by atoms with Crippen molar-refractivity contribution in [2.24, 2.45) is 0 Å². The lowest BCUT2D eigenvalue weighted by Gasteiger charge is -2.35. The minimum absolute atomic E-state index is 0.00533. The lowest BCUT2D eigenvalue weighted by molar-refractivity contribution is 0.0559. The van der Waals surface area contributed by atoms with Crippen molar-refractivity contribution >= 4 is 5.91 Å². The molecular formula is C18H22F2N4O. The molecule has 1 amide bonds. The number of amides is 1. The Kier molecular flexibility index (Phi) is 5.75. The van der Waals surface area contributed by atoms with Crippen molar-refractivity contribution in [3.8, 4) is 0 Å². The van der Waals surface area contributed by atoms with E-state index in [1.165, 1.54) is 12.5 Å². The number of benzene rings is 1. The molecule has 1 aliphatic heterocycles. The van der Waals surface area contributed by atoms with Crippen LogP contribution in [0.15, 0.2) is 42.6 Å². The van der Waals surface area contributed by atoms with Gasteiger partial charge in [-0.05, 0) is 37.6 Å². The molecule has 1 N–H and O–H groups in total. The molecule has 7 heteroatoms. The molecule has 1 unspecified atom stereocenters. The molecule has 0 aliphatic carbocycles. The zero-order chi connectivity index (χ0) is 17.6. The lowest BCUT2D eigenvalue weighted by atomic mass is 10.0. The van der Waals surface area contributed by atoms with Crippen LogP contribution in [0.25, 0.3) is 0 Å². The maximum Gasteiger partial charge on any atom is 0.333 e. The fourth-order valence-corrected chi connectivity index (χ4v) is 3.21. The second kappa shape index (κ2) is 8.20. The van der Waals surface area contributed by atoms with E-state index in [0.29, 0.717) is 11.2 Å². The number of carbonyl (C=O) groups excluding carboxylic acids is 1. The standard InChI is InChI=1S/C18H22F2N4O/c19-18(20)24-12-9-15(22-24)17(25)21-13-16(14-7-3-1-4-8-14)23-10-5-2-6-11-23/h1,3-4,7-9,12,16,18H,2,5-6,10-11,13H2,(H,21,25). The van der Waals surface area contributed by atoms with Crippen molar-refractivity contribution < 1.29 is 13.6 Å². The van der Waals surface area contributed by atoms with Crippen LogP contribution >= 0.6 is 0 Å². The first-order valence-corrected chi connectivity index (χ1v) is 8.55. The quantitative estimate of drug-likeness (QED) is 0.872. The first-order valence-electron chi connectivity index (χ1n) is 8.55. The van der Waals surface area contributed by atoms with Crippen LogP contribution in [0.5, 0.6) is 0 Å². The van der Waals surface area contributed by atoms with E-state index in [-0.39, 0.29) is 11.7 Å². The normalized spacial score (nSPS) is 16.8. The topological polar surface area (TPSA) is 50.2 Å². The Morgan fingerprint density at radius 1 is 1.12 bits per heavy atom. The van der Waals surface area contributed by atoms with Crippen LogP contribution in [0.3, 0.4) is 0 Å². The van der Waals surface area contributed by atoms with Crippen molar-refractivity contribution in [2.45, 2.75) is 31.9 Å². The first kappa shape index (κ1) is 17.5. The molecule has 1 aliphatic rings. The molecule has 0 saturated carbocycles. The zero-order valence-corrected chi connectivity index (χ0v) is 13.9. The largest absolute Gasteiger partial charge is 0.349 e. The summed E-state index contributed by atoms with van der Waals surface area (Å²) in [4.78, 5) is 14.6. The molecule has 0 radical (unpaired) electrons. The molecule has 2 heterocycles. The highest BCUT2D eigenvalue weighted by molar-refractivity contribution is 5.92. The SMILES string of the molecule is O=C(NCC(c1ccccc1)N1CCCCC1)c1ccn(C(F)F)n1. The number of nitrogens with zero attached hydrogens (tertiary/aromatic N) is 3. The van der Waals surface area contributed by atoms with Gasteiger partial charge in [0.2, 0.25) is 0 Å². The highest BCUT2D eigenvalue weighted by Crippen LogP contribution is 2.24. The predicted molar refractivity (Wildman–Crippen MR) is 90.4 cm³/mol. The molecule has 5 nitrogen and oxygen atoms in total. The number of nitrogens with one attached hydrogen (secondary N) is 1. The molecule has 2 aromatic rings. The minimum atomic E-state index is -2.74. The van der Waals surface area contributed by atoms with Gasteiger partial charge >= 0.3 is 6.55 Å². The van der Waals surface area contributed by atoms with Crippen LogP contribution in [-0.4, -0.2) is 40.2 Å². The smallest absolute Gasteiger partial charge is 0.333 e. The summed E-state index contributed by atoms with van der Waals surface area (Å²) in [6, 6.07) is 11.4. The molecule has 0 spiro atoms. The van der Waals surface area contributed by atoms with Crippen LogP contribution < -0.4 is 5.32 Å². The van der Waals surface area contributed by atoms with Gasteiger partial charge in [-0.15, -0.1) is 0 Å². The maximum atomic E-state index is 12.6. The van der Waals surface area contributed by atoms with Crippen LogP contribution in [0.2, 0.25) is 0 Å². The highest BCUT2D eigenvalue weighted by atomic mass is 19.3. The summed E-state index contributed by atoms with van der Waals surface area (Å²) < 4.78 is 25.6. The fraction of sp³-hybridized carbons (Fsp3) is 0.444. The van der Waals surface area contributed by atoms with Crippen LogP contribution in [-0.2, 0) is 0 Å². The maximum absolute atomic E-state index is 12.6. The van der Waals surface area contributed by atoms with E-state index in [4.69, 9.17) is 0 Å². The highest BCUT2D eigenvalue weighted by Gasteiger charge is 2.23. The van der Waals surface area contributed by atoms with Crippen molar-refractivity contribution in [2.75, 3.05) is 19.6 Å². The number of carbonyl (C=O) groups is 1. The number of hydrogen-bond donors (Lipinski definition) is 1. The third-order valence-electron chi connectivity index (χ3n) is 4.51. The van der Waals surface area contributed by atoms with E-state index in [2.05, 4.69) is 27.4 Å². The minimum Gasteiger partial charge on any atom is -0.349 e. The third-order valence-corrected chi connectivity index (χ3v) is 4.51. The molecule has 1 saturated heterocycles. The molecule has 25 heavy (non-hydrogen) atoms. The van der Waals surface area contributed by atoms with Gasteiger partial charge in [0.05, 0.1) is 6.04 Å². The van der Waals surface area contributed by atoms with Crippen LogP contribution in [0, 0.1) is 0 Å². The van der Waals surface area contributed by atoms with Gasteiger partial charge < -0.3 is 5.32 Å². The summed E-state index contributed by atoms with van der Waals surface area (Å²) in [5, 5.41) is 6.46. The zero-order valence-electron chi connectivity index (χ0n) is 13.9.